The zero-order valence-corrected chi connectivity index (χ0v) is 13.1. The Kier molecular flexibility index (Phi) is 4.28. The number of hydrogen-bond acceptors (Lipinski definition) is 7. The van der Waals surface area contributed by atoms with Gasteiger partial charge in [-0.3, -0.25) is 4.79 Å². The second-order valence-electron chi connectivity index (χ2n) is 5.29. The SMILES string of the molecule is COC(=O)C1=C(N)Oc2c(oc(CO)cc2=O)[C@@H]1c1cccc(F)c1. The van der Waals surface area contributed by atoms with E-state index in [0.29, 0.717) is 5.56 Å². The second kappa shape index (κ2) is 6.40. The van der Waals surface area contributed by atoms with Crippen molar-refractivity contribution in [3.8, 4) is 5.75 Å². The molecule has 0 aliphatic carbocycles. The Hall–Kier alpha value is -3.13. The summed E-state index contributed by atoms with van der Waals surface area (Å²) in [5, 5.41) is 9.28. The van der Waals surface area contributed by atoms with Gasteiger partial charge >= 0.3 is 5.97 Å². The first-order valence-electron chi connectivity index (χ1n) is 7.25. The van der Waals surface area contributed by atoms with Crippen LogP contribution in [0.5, 0.6) is 5.75 Å². The predicted octanol–water partition coefficient (Wildman–Crippen LogP) is 1.14. The molecule has 8 heteroatoms. The maximum Gasteiger partial charge on any atom is 0.340 e. The van der Waals surface area contributed by atoms with Crippen molar-refractivity contribution in [2.24, 2.45) is 5.73 Å². The first-order chi connectivity index (χ1) is 12.0. The van der Waals surface area contributed by atoms with Gasteiger partial charge in [-0.1, -0.05) is 12.1 Å². The lowest BCUT2D eigenvalue weighted by Crippen LogP contribution is -2.29. The van der Waals surface area contributed by atoms with Gasteiger partial charge in [-0.2, -0.15) is 0 Å². The van der Waals surface area contributed by atoms with Gasteiger partial charge in [0.05, 0.1) is 13.0 Å². The Balaban J connectivity index is 2.31. The van der Waals surface area contributed by atoms with E-state index in [1.54, 1.807) is 6.07 Å². The van der Waals surface area contributed by atoms with Gasteiger partial charge in [-0.15, -0.1) is 0 Å². The lowest BCUT2D eigenvalue weighted by atomic mass is 9.86. The van der Waals surface area contributed by atoms with Crippen molar-refractivity contribution in [3.05, 3.63) is 74.9 Å². The number of fused-ring (bicyclic) bond motifs is 1. The Bertz CT molecular complexity index is 933. The number of esters is 1. The molecule has 2 aromatic rings. The summed E-state index contributed by atoms with van der Waals surface area (Å²) < 4.78 is 29.2. The minimum atomic E-state index is -1.02. The number of aliphatic hydroxyl groups excluding tert-OH is 1. The number of aliphatic hydroxyl groups is 1. The molecule has 0 saturated carbocycles. The molecule has 1 aromatic carbocycles. The molecule has 1 aliphatic heterocycles. The van der Waals surface area contributed by atoms with Gasteiger partial charge in [0.1, 0.15) is 23.8 Å². The maximum absolute atomic E-state index is 13.7. The first-order valence-corrected chi connectivity index (χ1v) is 7.25. The van der Waals surface area contributed by atoms with Crippen molar-refractivity contribution < 1.29 is 28.2 Å². The molecule has 1 aromatic heterocycles. The molecular formula is C17H14FNO6. The van der Waals surface area contributed by atoms with E-state index in [4.69, 9.17) is 19.6 Å². The summed E-state index contributed by atoms with van der Waals surface area (Å²) in [6.45, 7) is -0.537. The molecule has 7 nitrogen and oxygen atoms in total. The smallest absolute Gasteiger partial charge is 0.340 e. The van der Waals surface area contributed by atoms with Crippen LogP contribution in [0.3, 0.4) is 0 Å². The monoisotopic (exact) mass is 347 g/mol. The van der Waals surface area contributed by atoms with Crippen molar-refractivity contribution in [2.45, 2.75) is 12.5 Å². The van der Waals surface area contributed by atoms with Gasteiger partial charge in [-0.05, 0) is 17.7 Å². The lowest BCUT2D eigenvalue weighted by molar-refractivity contribution is -0.136. The van der Waals surface area contributed by atoms with E-state index >= 15 is 0 Å². The average molecular weight is 347 g/mol. The number of methoxy groups -OCH3 is 1. The van der Waals surface area contributed by atoms with E-state index in [2.05, 4.69) is 0 Å². The summed E-state index contributed by atoms with van der Waals surface area (Å²) in [6.07, 6.45) is 0. The minimum Gasteiger partial charge on any atom is -0.465 e. The van der Waals surface area contributed by atoms with Crippen molar-refractivity contribution >= 4 is 5.97 Å². The van der Waals surface area contributed by atoms with Crippen LogP contribution >= 0.6 is 0 Å². The van der Waals surface area contributed by atoms with Gasteiger partial charge in [-0.25, -0.2) is 9.18 Å². The number of nitrogens with two attached hydrogens (primary N) is 1. The Labute approximate surface area is 141 Å². The molecule has 0 unspecified atom stereocenters. The van der Waals surface area contributed by atoms with Crippen LogP contribution in [0.1, 0.15) is 23.0 Å². The fraction of sp³-hybridized carbons (Fsp3) is 0.176. The molecule has 0 spiro atoms. The molecular weight excluding hydrogens is 333 g/mol. The summed E-state index contributed by atoms with van der Waals surface area (Å²) in [5.41, 5.74) is 5.41. The van der Waals surface area contributed by atoms with Crippen LogP contribution < -0.4 is 15.9 Å². The van der Waals surface area contributed by atoms with Crippen molar-refractivity contribution in [1.29, 1.82) is 0 Å². The highest BCUT2D eigenvalue weighted by atomic mass is 19.1. The highest BCUT2D eigenvalue weighted by Crippen LogP contribution is 2.41. The van der Waals surface area contributed by atoms with Crippen molar-refractivity contribution in [2.75, 3.05) is 7.11 Å². The molecule has 3 N–H and O–H groups in total. The molecule has 2 heterocycles. The number of hydrogen-bond donors (Lipinski definition) is 2. The molecule has 1 atom stereocenters. The van der Waals surface area contributed by atoms with Crippen LogP contribution in [0.2, 0.25) is 0 Å². The van der Waals surface area contributed by atoms with Crippen molar-refractivity contribution in [3.63, 3.8) is 0 Å². The number of ether oxygens (including phenoxy) is 2. The number of rotatable bonds is 3. The van der Waals surface area contributed by atoms with Crippen LogP contribution in [-0.4, -0.2) is 18.2 Å². The molecule has 0 bridgehead atoms. The topological polar surface area (TPSA) is 112 Å². The van der Waals surface area contributed by atoms with E-state index in [1.165, 1.54) is 18.2 Å². The quantitative estimate of drug-likeness (QED) is 0.801. The van der Waals surface area contributed by atoms with Gasteiger partial charge in [0.2, 0.25) is 17.1 Å². The third kappa shape index (κ3) is 2.87. The normalized spacial score (nSPS) is 16.2. The van der Waals surface area contributed by atoms with E-state index in [0.717, 1.165) is 13.2 Å². The van der Waals surface area contributed by atoms with Gasteiger partial charge in [0, 0.05) is 6.07 Å². The second-order valence-corrected chi connectivity index (χ2v) is 5.29. The number of carbonyl (C=O) groups excluding carboxylic acids is 1. The Morgan fingerprint density at radius 2 is 2.16 bits per heavy atom. The molecule has 0 amide bonds. The highest BCUT2D eigenvalue weighted by molar-refractivity contribution is 5.92. The van der Waals surface area contributed by atoms with Crippen LogP contribution in [-0.2, 0) is 16.1 Å². The maximum atomic E-state index is 13.7. The van der Waals surface area contributed by atoms with Crippen LogP contribution in [0.15, 0.2) is 51.0 Å². The summed E-state index contributed by atoms with van der Waals surface area (Å²) in [7, 11) is 1.15. The number of carbonyl (C=O) groups is 1. The average Bonchev–Trinajstić information content (AvgIpc) is 2.60. The van der Waals surface area contributed by atoms with E-state index in [-0.39, 0.29) is 28.7 Å². The van der Waals surface area contributed by atoms with Crippen molar-refractivity contribution in [1.82, 2.24) is 0 Å². The number of benzene rings is 1. The molecule has 0 radical (unpaired) electrons. The Morgan fingerprint density at radius 3 is 2.80 bits per heavy atom. The Morgan fingerprint density at radius 1 is 1.40 bits per heavy atom. The molecule has 0 saturated heterocycles. The first kappa shape index (κ1) is 16.7. The fourth-order valence-corrected chi connectivity index (χ4v) is 2.69. The summed E-state index contributed by atoms with van der Waals surface area (Å²) in [5.74, 6) is -3.03. The largest absolute Gasteiger partial charge is 0.465 e. The van der Waals surface area contributed by atoms with Crippen LogP contribution in [0.4, 0.5) is 4.39 Å². The molecule has 1 aliphatic rings. The summed E-state index contributed by atoms with van der Waals surface area (Å²) >= 11 is 0. The summed E-state index contributed by atoms with van der Waals surface area (Å²) in [6, 6.07) is 6.46. The van der Waals surface area contributed by atoms with E-state index < -0.39 is 29.7 Å². The predicted molar refractivity (Wildman–Crippen MR) is 83.0 cm³/mol. The fourth-order valence-electron chi connectivity index (χ4n) is 2.69. The van der Waals surface area contributed by atoms with E-state index in [1.807, 2.05) is 0 Å². The molecule has 0 fully saturated rings. The zero-order valence-electron chi connectivity index (χ0n) is 13.1. The standard InChI is InChI=1S/C17H14FNO6/c1-23-17(22)13-12(8-3-2-4-9(18)5-8)15-14(25-16(13)19)11(21)6-10(7-20)24-15/h2-6,12,20H,7,19H2,1H3/t12-/m1/s1. The third-order valence-electron chi connectivity index (χ3n) is 3.75. The van der Waals surface area contributed by atoms with Gasteiger partial charge in [0.15, 0.2) is 5.76 Å². The van der Waals surface area contributed by atoms with Crippen LogP contribution in [0, 0.1) is 5.82 Å². The number of halogens is 1. The van der Waals surface area contributed by atoms with Crippen LogP contribution in [0.25, 0.3) is 0 Å². The lowest BCUT2D eigenvalue weighted by Gasteiger charge is -2.26. The van der Waals surface area contributed by atoms with Gasteiger partial charge < -0.3 is 24.7 Å². The van der Waals surface area contributed by atoms with Gasteiger partial charge in [0.25, 0.3) is 0 Å². The molecule has 3 rings (SSSR count). The third-order valence-corrected chi connectivity index (χ3v) is 3.75. The molecule has 130 valence electrons. The highest BCUT2D eigenvalue weighted by Gasteiger charge is 2.39. The zero-order chi connectivity index (χ0) is 18.1. The minimum absolute atomic E-state index is 0.0292. The summed E-state index contributed by atoms with van der Waals surface area (Å²) in [4.78, 5) is 24.4. The molecule has 25 heavy (non-hydrogen) atoms. The van der Waals surface area contributed by atoms with E-state index in [9.17, 15) is 19.1 Å².